The molecule has 2 N–H and O–H groups in total. The Bertz CT molecular complexity index is 710. The summed E-state index contributed by atoms with van der Waals surface area (Å²) in [4.78, 5) is 24.0. The minimum absolute atomic E-state index is 0.304. The molecule has 0 heterocycles. The zero-order chi connectivity index (χ0) is 17.0. The summed E-state index contributed by atoms with van der Waals surface area (Å²) in [5.74, 6) is -1.78. The first kappa shape index (κ1) is 16.7. The molecule has 23 heavy (non-hydrogen) atoms. The molecule has 2 atom stereocenters. The van der Waals surface area contributed by atoms with Crippen molar-refractivity contribution in [3.8, 4) is 0 Å². The molecule has 0 saturated heterocycles. The van der Waals surface area contributed by atoms with Crippen LogP contribution in [0, 0.1) is 13.8 Å². The molecule has 0 bridgehead atoms. The lowest BCUT2D eigenvalue weighted by atomic mass is 9.98. The predicted molar refractivity (Wildman–Crippen MR) is 89.3 cm³/mol. The minimum atomic E-state index is -1.07. The van der Waals surface area contributed by atoms with E-state index in [1.54, 1.807) is 13.0 Å². The highest BCUT2D eigenvalue weighted by Crippen LogP contribution is 2.20. The van der Waals surface area contributed by atoms with Crippen LogP contribution in [-0.2, 0) is 9.59 Å². The number of rotatable bonds is 5. The van der Waals surface area contributed by atoms with Gasteiger partial charge in [-0.1, -0.05) is 48.5 Å². The lowest BCUT2D eigenvalue weighted by Crippen LogP contribution is -2.36. The lowest BCUT2D eigenvalue weighted by molar-refractivity contribution is -0.142. The van der Waals surface area contributed by atoms with E-state index < -0.39 is 17.9 Å². The lowest BCUT2D eigenvalue weighted by Gasteiger charge is -2.19. The van der Waals surface area contributed by atoms with Gasteiger partial charge in [0, 0.05) is 0 Å². The number of benzene rings is 2. The first-order valence-corrected chi connectivity index (χ1v) is 7.55. The molecule has 0 aliphatic rings. The van der Waals surface area contributed by atoms with Crippen LogP contribution >= 0.6 is 0 Å². The number of carbonyl (C=O) groups excluding carboxylic acids is 1. The van der Waals surface area contributed by atoms with Gasteiger partial charge in [0.2, 0.25) is 5.91 Å². The van der Waals surface area contributed by atoms with E-state index in [1.807, 2.05) is 56.3 Å². The zero-order valence-electron chi connectivity index (χ0n) is 13.5. The van der Waals surface area contributed by atoms with Crippen molar-refractivity contribution in [1.82, 2.24) is 5.32 Å². The SMILES string of the molecule is Cc1ccc(C(NC(=O)C(C)c2ccccc2)C(=O)O)cc1C. The van der Waals surface area contributed by atoms with Crippen molar-refractivity contribution < 1.29 is 14.7 Å². The van der Waals surface area contributed by atoms with E-state index >= 15 is 0 Å². The van der Waals surface area contributed by atoms with Gasteiger partial charge in [-0.05, 0) is 43.0 Å². The number of carbonyl (C=O) groups is 2. The van der Waals surface area contributed by atoms with Crippen LogP contribution in [0.2, 0.25) is 0 Å². The molecule has 1 amide bonds. The third-order valence-electron chi connectivity index (χ3n) is 4.09. The van der Waals surface area contributed by atoms with E-state index in [2.05, 4.69) is 5.32 Å². The Kier molecular flexibility index (Phi) is 5.16. The molecule has 0 spiro atoms. The second kappa shape index (κ2) is 7.09. The molecule has 2 aromatic rings. The molecule has 0 fully saturated rings. The van der Waals surface area contributed by atoms with Crippen LogP contribution in [0.4, 0.5) is 0 Å². The second-order valence-electron chi connectivity index (χ2n) is 5.76. The number of aryl methyl sites for hydroxylation is 2. The Balaban J connectivity index is 2.21. The van der Waals surface area contributed by atoms with Crippen molar-refractivity contribution in [2.45, 2.75) is 32.7 Å². The number of amides is 1. The van der Waals surface area contributed by atoms with Crippen LogP contribution in [0.25, 0.3) is 0 Å². The highest BCUT2D eigenvalue weighted by Gasteiger charge is 2.25. The maximum atomic E-state index is 12.4. The van der Waals surface area contributed by atoms with Crippen molar-refractivity contribution in [3.05, 3.63) is 70.8 Å². The standard InChI is InChI=1S/C19H21NO3/c1-12-9-10-16(11-13(12)2)17(19(22)23)20-18(21)14(3)15-7-5-4-6-8-15/h4-11,14,17H,1-3H3,(H,20,21)(H,22,23). The van der Waals surface area contributed by atoms with E-state index in [1.165, 1.54) is 0 Å². The van der Waals surface area contributed by atoms with Crippen LogP contribution in [0.1, 0.15) is 41.1 Å². The summed E-state index contributed by atoms with van der Waals surface area (Å²) in [5.41, 5.74) is 3.52. The van der Waals surface area contributed by atoms with Gasteiger partial charge in [0.05, 0.1) is 5.92 Å². The van der Waals surface area contributed by atoms with E-state index in [4.69, 9.17) is 0 Å². The highest BCUT2D eigenvalue weighted by atomic mass is 16.4. The Morgan fingerprint density at radius 3 is 2.17 bits per heavy atom. The summed E-state index contributed by atoms with van der Waals surface area (Å²) < 4.78 is 0. The van der Waals surface area contributed by atoms with Crippen LogP contribution in [0.3, 0.4) is 0 Å². The van der Waals surface area contributed by atoms with Crippen LogP contribution in [0.15, 0.2) is 48.5 Å². The third kappa shape index (κ3) is 3.97. The van der Waals surface area contributed by atoms with Gasteiger partial charge in [-0.15, -0.1) is 0 Å². The predicted octanol–water partition coefficient (Wildman–Crippen LogP) is 3.35. The minimum Gasteiger partial charge on any atom is -0.479 e. The quantitative estimate of drug-likeness (QED) is 0.890. The smallest absolute Gasteiger partial charge is 0.330 e. The van der Waals surface area contributed by atoms with Gasteiger partial charge in [-0.25, -0.2) is 4.79 Å². The number of nitrogens with one attached hydrogen (secondary N) is 1. The average molecular weight is 311 g/mol. The monoisotopic (exact) mass is 311 g/mol. The number of hydrogen-bond acceptors (Lipinski definition) is 2. The Hall–Kier alpha value is -2.62. The van der Waals surface area contributed by atoms with Crippen molar-refractivity contribution in [1.29, 1.82) is 0 Å². The van der Waals surface area contributed by atoms with Crippen LogP contribution in [0.5, 0.6) is 0 Å². The van der Waals surface area contributed by atoms with Gasteiger partial charge in [-0.2, -0.15) is 0 Å². The highest BCUT2D eigenvalue weighted by molar-refractivity contribution is 5.88. The van der Waals surface area contributed by atoms with Gasteiger partial charge in [0.15, 0.2) is 6.04 Å². The number of carboxylic acids is 1. The molecule has 2 aromatic carbocycles. The van der Waals surface area contributed by atoms with Crippen molar-refractivity contribution in [2.24, 2.45) is 0 Å². The third-order valence-corrected chi connectivity index (χ3v) is 4.09. The molecule has 4 nitrogen and oxygen atoms in total. The molecule has 0 radical (unpaired) electrons. The molecular weight excluding hydrogens is 290 g/mol. The summed E-state index contributed by atoms with van der Waals surface area (Å²) in [5, 5.41) is 12.1. The molecule has 2 unspecified atom stereocenters. The maximum Gasteiger partial charge on any atom is 0.330 e. The fourth-order valence-corrected chi connectivity index (χ4v) is 2.39. The largest absolute Gasteiger partial charge is 0.479 e. The van der Waals surface area contributed by atoms with Crippen molar-refractivity contribution in [3.63, 3.8) is 0 Å². The second-order valence-corrected chi connectivity index (χ2v) is 5.76. The van der Waals surface area contributed by atoms with Crippen LogP contribution < -0.4 is 5.32 Å². The summed E-state index contributed by atoms with van der Waals surface area (Å²) in [7, 11) is 0. The van der Waals surface area contributed by atoms with E-state index in [0.29, 0.717) is 5.56 Å². The zero-order valence-corrected chi connectivity index (χ0v) is 13.5. The fraction of sp³-hybridized carbons (Fsp3) is 0.263. The average Bonchev–Trinajstić information content (AvgIpc) is 2.55. The van der Waals surface area contributed by atoms with Crippen molar-refractivity contribution >= 4 is 11.9 Å². The van der Waals surface area contributed by atoms with Crippen LogP contribution in [-0.4, -0.2) is 17.0 Å². The van der Waals surface area contributed by atoms with E-state index in [-0.39, 0.29) is 5.91 Å². The molecule has 2 rings (SSSR count). The molecule has 120 valence electrons. The van der Waals surface area contributed by atoms with Crippen molar-refractivity contribution in [2.75, 3.05) is 0 Å². The Labute approximate surface area is 136 Å². The normalized spacial score (nSPS) is 13.2. The molecule has 0 aliphatic heterocycles. The molecule has 4 heteroatoms. The first-order valence-electron chi connectivity index (χ1n) is 7.55. The molecule has 0 saturated carbocycles. The Morgan fingerprint density at radius 1 is 0.957 bits per heavy atom. The topological polar surface area (TPSA) is 66.4 Å². The van der Waals surface area contributed by atoms with Gasteiger partial charge in [0.1, 0.15) is 0 Å². The van der Waals surface area contributed by atoms with Gasteiger partial charge in [-0.3, -0.25) is 4.79 Å². The molecule has 0 aromatic heterocycles. The van der Waals surface area contributed by atoms with Gasteiger partial charge < -0.3 is 10.4 Å². The number of carboxylic acid groups (broad SMARTS) is 1. The van der Waals surface area contributed by atoms with E-state index in [9.17, 15) is 14.7 Å². The molecule has 0 aliphatic carbocycles. The summed E-state index contributed by atoms with van der Waals surface area (Å²) >= 11 is 0. The van der Waals surface area contributed by atoms with E-state index in [0.717, 1.165) is 16.7 Å². The van der Waals surface area contributed by atoms with Gasteiger partial charge in [0.25, 0.3) is 0 Å². The molecular formula is C19H21NO3. The summed E-state index contributed by atoms with van der Waals surface area (Å²) in [6.07, 6.45) is 0. The fourth-order valence-electron chi connectivity index (χ4n) is 2.39. The number of aliphatic carboxylic acids is 1. The first-order chi connectivity index (χ1) is 10.9. The van der Waals surface area contributed by atoms with Gasteiger partial charge >= 0.3 is 5.97 Å². The maximum absolute atomic E-state index is 12.4. The Morgan fingerprint density at radius 2 is 1.61 bits per heavy atom. The summed E-state index contributed by atoms with van der Waals surface area (Å²) in [6.45, 7) is 5.65. The number of hydrogen-bond donors (Lipinski definition) is 2. The summed E-state index contributed by atoms with van der Waals surface area (Å²) in [6, 6.07) is 13.7.